The summed E-state index contributed by atoms with van der Waals surface area (Å²) in [4.78, 5) is 18.1. The topological polar surface area (TPSA) is 63.7 Å². The monoisotopic (exact) mass is 337 g/mol. The number of aromatic nitrogens is 1. The highest BCUT2D eigenvalue weighted by Gasteiger charge is 2.22. The van der Waals surface area contributed by atoms with Crippen LogP contribution in [0, 0.1) is 0 Å². The van der Waals surface area contributed by atoms with E-state index in [-0.39, 0.29) is 18.7 Å². The molecule has 24 heavy (non-hydrogen) atoms. The maximum absolute atomic E-state index is 12.8. The van der Waals surface area contributed by atoms with Crippen molar-refractivity contribution in [3.05, 3.63) is 23.9 Å². The van der Waals surface area contributed by atoms with Crippen molar-refractivity contribution < 1.29 is 18.7 Å². The van der Waals surface area contributed by atoms with Gasteiger partial charge in [-0.05, 0) is 37.3 Å². The molecule has 1 unspecified atom stereocenters. The molecule has 0 radical (unpaired) electrons. The van der Waals surface area contributed by atoms with E-state index in [0.717, 1.165) is 24.8 Å². The molecule has 1 aromatic rings. The van der Waals surface area contributed by atoms with E-state index in [9.17, 15) is 9.18 Å². The zero-order chi connectivity index (χ0) is 16.8. The highest BCUT2D eigenvalue weighted by atomic mass is 19.1. The van der Waals surface area contributed by atoms with E-state index in [1.165, 1.54) is 6.42 Å². The zero-order valence-corrected chi connectivity index (χ0v) is 13.7. The average Bonchev–Trinajstić information content (AvgIpc) is 2.82. The molecular weight excluding hydrogens is 313 g/mol. The van der Waals surface area contributed by atoms with E-state index < -0.39 is 12.8 Å². The molecule has 2 amide bonds. The highest BCUT2D eigenvalue weighted by molar-refractivity contribution is 5.74. The molecule has 1 aliphatic carbocycles. The van der Waals surface area contributed by atoms with Crippen LogP contribution in [0.3, 0.4) is 0 Å². The number of carbonyl (C=O) groups is 1. The third kappa shape index (κ3) is 4.56. The standard InChI is InChI=1S/C17H24FN3O3/c18-10-15-12-21(7-2-8-23-15)17(22)20-11-13-5-6-19-16(9-13)24-14-3-1-4-14/h5-6,9,14-15H,1-4,7-8,10-12H2,(H,20,22). The second-order valence-corrected chi connectivity index (χ2v) is 6.28. The second kappa shape index (κ2) is 8.28. The largest absolute Gasteiger partial charge is 0.474 e. The van der Waals surface area contributed by atoms with Gasteiger partial charge in [0.05, 0.1) is 6.54 Å². The van der Waals surface area contributed by atoms with Gasteiger partial charge >= 0.3 is 6.03 Å². The minimum Gasteiger partial charge on any atom is -0.474 e. The first-order chi connectivity index (χ1) is 11.7. The minimum absolute atomic E-state index is 0.197. The third-order valence-electron chi connectivity index (χ3n) is 4.39. The van der Waals surface area contributed by atoms with Crippen LogP contribution in [0.1, 0.15) is 31.2 Å². The fourth-order valence-corrected chi connectivity index (χ4v) is 2.75. The molecule has 3 rings (SSSR count). The van der Waals surface area contributed by atoms with E-state index >= 15 is 0 Å². The number of pyridine rings is 1. The Balaban J connectivity index is 1.50. The number of hydrogen-bond acceptors (Lipinski definition) is 4. The number of ether oxygens (including phenoxy) is 2. The summed E-state index contributed by atoms with van der Waals surface area (Å²) in [7, 11) is 0. The van der Waals surface area contributed by atoms with Crippen molar-refractivity contribution >= 4 is 6.03 Å². The molecule has 1 saturated carbocycles. The van der Waals surface area contributed by atoms with Gasteiger partial charge in [0.2, 0.25) is 5.88 Å². The summed E-state index contributed by atoms with van der Waals surface area (Å²) < 4.78 is 23.9. The van der Waals surface area contributed by atoms with Crippen LogP contribution < -0.4 is 10.1 Å². The number of hydrogen-bond donors (Lipinski definition) is 1. The Hall–Kier alpha value is -1.89. The van der Waals surface area contributed by atoms with E-state index in [4.69, 9.17) is 9.47 Å². The van der Waals surface area contributed by atoms with Gasteiger partial charge in [0.1, 0.15) is 18.9 Å². The first-order valence-corrected chi connectivity index (χ1v) is 8.56. The van der Waals surface area contributed by atoms with Gasteiger partial charge < -0.3 is 19.7 Å². The Kier molecular flexibility index (Phi) is 5.85. The van der Waals surface area contributed by atoms with Crippen molar-refractivity contribution in [2.24, 2.45) is 0 Å². The Morgan fingerprint density at radius 3 is 3.08 bits per heavy atom. The molecule has 2 aliphatic rings. The van der Waals surface area contributed by atoms with Crippen molar-refractivity contribution in [1.82, 2.24) is 15.2 Å². The number of alkyl halides is 1. The molecule has 7 heteroatoms. The van der Waals surface area contributed by atoms with Gasteiger partial charge in [-0.2, -0.15) is 0 Å². The molecule has 0 bridgehead atoms. The SMILES string of the molecule is O=C(NCc1ccnc(OC2CCC2)c1)N1CCCOC(CF)C1. The van der Waals surface area contributed by atoms with Crippen LogP contribution in [0.4, 0.5) is 9.18 Å². The smallest absolute Gasteiger partial charge is 0.317 e. The van der Waals surface area contributed by atoms with E-state index in [1.54, 1.807) is 11.1 Å². The van der Waals surface area contributed by atoms with Crippen molar-refractivity contribution in [2.45, 2.75) is 44.4 Å². The quantitative estimate of drug-likeness (QED) is 0.895. The fraction of sp³-hybridized carbons (Fsp3) is 0.647. The van der Waals surface area contributed by atoms with Crippen molar-refractivity contribution in [2.75, 3.05) is 26.4 Å². The van der Waals surface area contributed by atoms with Gasteiger partial charge in [-0.25, -0.2) is 14.2 Å². The van der Waals surface area contributed by atoms with Gasteiger partial charge in [0.25, 0.3) is 0 Å². The Morgan fingerprint density at radius 2 is 2.33 bits per heavy atom. The molecule has 2 heterocycles. The maximum atomic E-state index is 12.8. The van der Waals surface area contributed by atoms with Gasteiger partial charge in [0, 0.05) is 32.0 Å². The Labute approximate surface area is 141 Å². The van der Waals surface area contributed by atoms with Gasteiger partial charge in [-0.15, -0.1) is 0 Å². The lowest BCUT2D eigenvalue weighted by molar-refractivity contribution is 0.0403. The molecular formula is C17H24FN3O3. The Morgan fingerprint density at radius 1 is 1.46 bits per heavy atom. The van der Waals surface area contributed by atoms with Crippen LogP contribution in [0.25, 0.3) is 0 Å². The molecule has 1 saturated heterocycles. The number of halogens is 1. The first kappa shape index (κ1) is 17.0. The number of amides is 2. The molecule has 1 aliphatic heterocycles. The number of rotatable bonds is 5. The van der Waals surface area contributed by atoms with E-state index in [0.29, 0.717) is 25.6 Å². The molecule has 6 nitrogen and oxygen atoms in total. The third-order valence-corrected chi connectivity index (χ3v) is 4.39. The normalized spacial score (nSPS) is 21.7. The summed E-state index contributed by atoms with van der Waals surface area (Å²) in [5.41, 5.74) is 0.931. The number of nitrogens with zero attached hydrogens (tertiary/aromatic N) is 2. The molecule has 1 atom stereocenters. The van der Waals surface area contributed by atoms with Crippen LogP contribution in [-0.2, 0) is 11.3 Å². The lowest BCUT2D eigenvalue weighted by atomic mass is 9.96. The van der Waals surface area contributed by atoms with Gasteiger partial charge in [0.15, 0.2) is 0 Å². The first-order valence-electron chi connectivity index (χ1n) is 8.56. The highest BCUT2D eigenvalue weighted by Crippen LogP contribution is 2.24. The second-order valence-electron chi connectivity index (χ2n) is 6.28. The van der Waals surface area contributed by atoms with Gasteiger partial charge in [-0.3, -0.25) is 0 Å². The molecule has 1 aromatic heterocycles. The lowest BCUT2D eigenvalue weighted by Gasteiger charge is -2.26. The van der Waals surface area contributed by atoms with Crippen molar-refractivity contribution in [1.29, 1.82) is 0 Å². The van der Waals surface area contributed by atoms with E-state index in [2.05, 4.69) is 10.3 Å². The fourth-order valence-electron chi connectivity index (χ4n) is 2.75. The summed E-state index contributed by atoms with van der Waals surface area (Å²) >= 11 is 0. The summed E-state index contributed by atoms with van der Waals surface area (Å²) in [6.07, 6.45) is 5.52. The lowest BCUT2D eigenvalue weighted by Crippen LogP contribution is -2.43. The molecule has 1 N–H and O–H groups in total. The zero-order valence-electron chi connectivity index (χ0n) is 13.7. The number of nitrogens with one attached hydrogen (secondary N) is 1. The molecule has 2 fully saturated rings. The predicted molar refractivity (Wildman–Crippen MR) is 86.6 cm³/mol. The predicted octanol–water partition coefficient (Wildman–Crippen LogP) is 2.28. The van der Waals surface area contributed by atoms with Gasteiger partial charge in [-0.1, -0.05) is 0 Å². The van der Waals surface area contributed by atoms with E-state index in [1.807, 2.05) is 12.1 Å². The minimum atomic E-state index is -0.573. The van der Waals surface area contributed by atoms with Crippen LogP contribution in [0.15, 0.2) is 18.3 Å². The average molecular weight is 337 g/mol. The summed E-state index contributed by atoms with van der Waals surface area (Å²) in [5, 5.41) is 2.88. The van der Waals surface area contributed by atoms with Crippen molar-refractivity contribution in [3.63, 3.8) is 0 Å². The molecule has 0 aromatic carbocycles. The van der Waals surface area contributed by atoms with Crippen LogP contribution >= 0.6 is 0 Å². The number of urea groups is 1. The maximum Gasteiger partial charge on any atom is 0.317 e. The Bertz CT molecular complexity index is 554. The van der Waals surface area contributed by atoms with Crippen LogP contribution in [0.2, 0.25) is 0 Å². The number of carbonyl (C=O) groups excluding carboxylic acids is 1. The van der Waals surface area contributed by atoms with Crippen molar-refractivity contribution in [3.8, 4) is 5.88 Å². The van der Waals surface area contributed by atoms with Crippen LogP contribution in [0.5, 0.6) is 5.88 Å². The molecule has 132 valence electrons. The summed E-state index contributed by atoms with van der Waals surface area (Å²) in [6, 6.07) is 3.51. The summed E-state index contributed by atoms with van der Waals surface area (Å²) in [5.74, 6) is 0.604. The van der Waals surface area contributed by atoms with Crippen LogP contribution in [-0.4, -0.2) is 54.5 Å². The summed E-state index contributed by atoms with van der Waals surface area (Å²) in [6.45, 7) is 1.17. The molecule has 0 spiro atoms.